The quantitative estimate of drug-likeness (QED) is 0.665. The van der Waals surface area contributed by atoms with Gasteiger partial charge in [0.05, 0.1) is 17.5 Å². The van der Waals surface area contributed by atoms with Gasteiger partial charge in [-0.15, -0.1) is 0 Å². The highest BCUT2D eigenvalue weighted by atomic mass is 19.3. The van der Waals surface area contributed by atoms with Crippen LogP contribution in [0.5, 0.6) is 0 Å². The largest absolute Gasteiger partial charge is 0.314 e. The van der Waals surface area contributed by atoms with Crippen LogP contribution >= 0.6 is 0 Å². The Hall–Kier alpha value is -3.01. The lowest BCUT2D eigenvalue weighted by Gasteiger charge is -2.30. The van der Waals surface area contributed by atoms with Gasteiger partial charge in [0.1, 0.15) is 29.7 Å². The van der Waals surface area contributed by atoms with E-state index in [1.54, 1.807) is 4.68 Å². The van der Waals surface area contributed by atoms with Gasteiger partial charge in [0, 0.05) is 23.9 Å². The molecule has 0 spiro atoms. The Balaban J connectivity index is 1.73. The fourth-order valence-electron chi connectivity index (χ4n) is 4.52. The van der Waals surface area contributed by atoms with Crippen LogP contribution in [0.4, 0.5) is 19.0 Å². The van der Waals surface area contributed by atoms with Crippen LogP contribution in [0.1, 0.15) is 37.3 Å². The molecule has 4 heterocycles. The van der Waals surface area contributed by atoms with Crippen LogP contribution in [-0.2, 0) is 4.79 Å². The number of rotatable bonds is 3. The molecule has 1 aromatic carbocycles. The third-order valence-electron chi connectivity index (χ3n) is 6.02. The lowest BCUT2D eigenvalue weighted by Crippen LogP contribution is -2.39. The van der Waals surface area contributed by atoms with Crippen molar-refractivity contribution in [3.63, 3.8) is 0 Å². The number of nitrogens with one attached hydrogen (secondary N) is 2. The number of hydrogen-bond acceptors (Lipinski definition) is 5. The monoisotopic (exact) mass is 430 g/mol. The molecular weight excluding hydrogens is 409 g/mol. The molecule has 2 N–H and O–H groups in total. The maximum Gasteiger partial charge on any atom is 0.252 e. The van der Waals surface area contributed by atoms with Crippen molar-refractivity contribution < 1.29 is 18.0 Å². The second kappa shape index (κ2) is 7.30. The first-order valence-corrected chi connectivity index (χ1v) is 10.2. The second-order valence-corrected chi connectivity index (χ2v) is 8.13. The van der Waals surface area contributed by atoms with Crippen LogP contribution in [0.2, 0.25) is 0 Å². The summed E-state index contributed by atoms with van der Waals surface area (Å²) in [7, 11) is 0. The summed E-state index contributed by atoms with van der Waals surface area (Å²) in [6, 6.07) is 6.83. The van der Waals surface area contributed by atoms with Crippen molar-refractivity contribution in [3.8, 4) is 11.4 Å². The molecule has 1 fully saturated rings. The van der Waals surface area contributed by atoms with Crippen LogP contribution in [0.25, 0.3) is 22.3 Å². The van der Waals surface area contributed by atoms with Gasteiger partial charge >= 0.3 is 0 Å². The third kappa shape index (κ3) is 3.34. The lowest BCUT2D eigenvalue weighted by atomic mass is 9.85. The zero-order valence-electron chi connectivity index (χ0n) is 16.8. The zero-order chi connectivity index (χ0) is 21.8. The van der Waals surface area contributed by atoms with Crippen molar-refractivity contribution in [3.05, 3.63) is 36.2 Å². The lowest BCUT2D eigenvalue weighted by molar-refractivity contribution is -0.119. The number of hydrogen-bond donors (Lipinski definition) is 2. The summed E-state index contributed by atoms with van der Waals surface area (Å²) in [5, 5.41) is 11.0. The predicted octanol–water partition coefficient (Wildman–Crippen LogP) is 3.45. The number of amides is 1. The van der Waals surface area contributed by atoms with Crippen molar-refractivity contribution in [1.82, 2.24) is 25.1 Å². The standard InChI is InChI=1S/C21H21F3N6O/c1-21(23,24)12-8-16(31)28-20-17(12)19(26-10-27-20)18-11-4-2-3-5-14(11)30(29-18)15-6-7-25-9-13(15)22/h2-5,10,12-13,15,25H,6-9H2,1H3,(H,26,27,28,31)/t12-,13+,15-/m0/s1. The molecule has 162 valence electrons. The minimum Gasteiger partial charge on any atom is -0.314 e. The number of carbonyl (C=O) groups is 1. The van der Waals surface area contributed by atoms with Gasteiger partial charge in [-0.3, -0.25) is 9.48 Å². The second-order valence-electron chi connectivity index (χ2n) is 8.13. The van der Waals surface area contributed by atoms with Crippen molar-refractivity contribution in [2.24, 2.45) is 0 Å². The van der Waals surface area contributed by atoms with Gasteiger partial charge < -0.3 is 10.6 Å². The molecule has 3 aromatic rings. The summed E-state index contributed by atoms with van der Waals surface area (Å²) in [5.74, 6) is -5.00. The first kappa shape index (κ1) is 19.9. The van der Waals surface area contributed by atoms with E-state index in [0.717, 1.165) is 6.92 Å². The van der Waals surface area contributed by atoms with E-state index < -0.39 is 30.0 Å². The molecule has 5 rings (SSSR count). The highest BCUT2D eigenvalue weighted by Crippen LogP contribution is 2.46. The van der Waals surface area contributed by atoms with Crippen molar-refractivity contribution in [2.45, 2.75) is 43.8 Å². The molecule has 2 aromatic heterocycles. The number of anilines is 1. The third-order valence-corrected chi connectivity index (χ3v) is 6.02. The summed E-state index contributed by atoms with van der Waals surface area (Å²) in [6.07, 6.45) is 0.271. The molecule has 31 heavy (non-hydrogen) atoms. The molecule has 7 nitrogen and oxygen atoms in total. The Morgan fingerprint density at radius 2 is 2.00 bits per heavy atom. The van der Waals surface area contributed by atoms with E-state index in [-0.39, 0.29) is 30.0 Å². The first-order chi connectivity index (χ1) is 14.8. The van der Waals surface area contributed by atoms with E-state index >= 15 is 0 Å². The van der Waals surface area contributed by atoms with E-state index in [1.807, 2.05) is 24.3 Å². The molecule has 10 heteroatoms. The Bertz CT molecular complexity index is 1160. The molecule has 0 bridgehead atoms. The van der Waals surface area contributed by atoms with Gasteiger partial charge in [0.15, 0.2) is 0 Å². The number of nitrogens with zero attached hydrogens (tertiary/aromatic N) is 4. The summed E-state index contributed by atoms with van der Waals surface area (Å²) in [4.78, 5) is 20.3. The molecule has 1 saturated heterocycles. The maximum absolute atomic E-state index is 14.7. The van der Waals surface area contributed by atoms with Gasteiger partial charge in [0.2, 0.25) is 5.91 Å². The van der Waals surface area contributed by atoms with E-state index in [2.05, 4.69) is 25.7 Å². The highest BCUT2D eigenvalue weighted by Gasteiger charge is 2.44. The highest BCUT2D eigenvalue weighted by molar-refractivity contribution is 5.98. The van der Waals surface area contributed by atoms with Crippen LogP contribution in [0, 0.1) is 0 Å². The number of para-hydroxylation sites is 1. The summed E-state index contributed by atoms with van der Waals surface area (Å²) >= 11 is 0. The molecule has 1 amide bonds. The SMILES string of the molecule is CC(F)(F)[C@H]1CC(=O)Nc2ncnc(-c3nn([C@H]4CCNC[C@H]4F)c4ccccc34)c21. The number of alkyl halides is 3. The van der Waals surface area contributed by atoms with E-state index in [4.69, 9.17) is 0 Å². The van der Waals surface area contributed by atoms with Crippen molar-refractivity contribution >= 4 is 22.6 Å². The van der Waals surface area contributed by atoms with Gasteiger partial charge in [-0.1, -0.05) is 18.2 Å². The van der Waals surface area contributed by atoms with Crippen LogP contribution in [0.15, 0.2) is 30.6 Å². The number of halogens is 3. The molecular formula is C21H21F3N6O. The topological polar surface area (TPSA) is 84.7 Å². The number of carbonyl (C=O) groups excluding carboxylic acids is 1. The van der Waals surface area contributed by atoms with E-state index in [1.165, 1.54) is 6.33 Å². The molecule has 2 aliphatic rings. The zero-order valence-corrected chi connectivity index (χ0v) is 16.8. The molecule has 0 aliphatic carbocycles. The van der Waals surface area contributed by atoms with Gasteiger partial charge in [0.25, 0.3) is 5.92 Å². The molecule has 0 radical (unpaired) electrons. The minimum absolute atomic E-state index is 0.0663. The molecule has 3 atom stereocenters. The number of aromatic nitrogens is 4. The normalized spacial score (nSPS) is 24.1. The first-order valence-electron chi connectivity index (χ1n) is 10.2. The molecule has 0 unspecified atom stereocenters. The summed E-state index contributed by atoms with van der Waals surface area (Å²) in [5.41, 5.74) is 1.48. The van der Waals surface area contributed by atoms with Crippen molar-refractivity contribution in [1.29, 1.82) is 0 Å². The summed E-state index contributed by atoms with van der Waals surface area (Å²) in [6.45, 7) is 1.68. The van der Waals surface area contributed by atoms with Crippen LogP contribution < -0.4 is 10.6 Å². The number of piperidine rings is 1. The van der Waals surface area contributed by atoms with E-state index in [0.29, 0.717) is 29.6 Å². The Morgan fingerprint density at radius 3 is 2.77 bits per heavy atom. The van der Waals surface area contributed by atoms with E-state index in [9.17, 15) is 18.0 Å². The summed E-state index contributed by atoms with van der Waals surface area (Å²) < 4.78 is 45.4. The Kier molecular flexibility index (Phi) is 4.69. The fraction of sp³-hybridized carbons (Fsp3) is 0.429. The maximum atomic E-state index is 14.7. The van der Waals surface area contributed by atoms with Gasteiger partial charge in [-0.2, -0.15) is 5.10 Å². The van der Waals surface area contributed by atoms with Crippen LogP contribution in [0.3, 0.4) is 0 Å². The number of benzene rings is 1. The van der Waals surface area contributed by atoms with Gasteiger partial charge in [-0.05, 0) is 26.0 Å². The average molecular weight is 430 g/mol. The fourth-order valence-corrected chi connectivity index (χ4v) is 4.52. The van der Waals surface area contributed by atoms with Gasteiger partial charge in [-0.25, -0.2) is 23.1 Å². The van der Waals surface area contributed by atoms with Crippen LogP contribution in [-0.4, -0.2) is 50.8 Å². The Labute approximate surface area is 176 Å². The molecule has 0 saturated carbocycles. The minimum atomic E-state index is -3.16. The predicted molar refractivity (Wildman–Crippen MR) is 109 cm³/mol. The smallest absolute Gasteiger partial charge is 0.252 e. The molecule has 2 aliphatic heterocycles. The average Bonchev–Trinajstić information content (AvgIpc) is 3.11. The number of fused-ring (bicyclic) bond motifs is 2. The Morgan fingerprint density at radius 1 is 1.19 bits per heavy atom. The van der Waals surface area contributed by atoms with Crippen molar-refractivity contribution in [2.75, 3.05) is 18.4 Å².